The average Bonchev–Trinajstić information content (AvgIpc) is 2.74. The molecule has 2 atom stereocenters. The Labute approximate surface area is 106 Å². The summed E-state index contributed by atoms with van der Waals surface area (Å²) < 4.78 is 0. The number of aliphatic imine (C=N–C) groups is 2. The van der Waals surface area contributed by atoms with Crippen LogP contribution in [0.1, 0.15) is 46.0 Å². The van der Waals surface area contributed by atoms with Crippen molar-refractivity contribution < 1.29 is 0 Å². The van der Waals surface area contributed by atoms with Crippen LogP contribution in [0.2, 0.25) is 0 Å². The fourth-order valence-electron chi connectivity index (χ4n) is 3.08. The first-order chi connectivity index (χ1) is 8.21. The van der Waals surface area contributed by atoms with Crippen LogP contribution in [-0.2, 0) is 0 Å². The highest BCUT2D eigenvalue weighted by molar-refractivity contribution is 5.89. The van der Waals surface area contributed by atoms with Gasteiger partial charge in [-0.2, -0.15) is 0 Å². The molecule has 0 aromatic carbocycles. The van der Waals surface area contributed by atoms with Crippen molar-refractivity contribution in [2.24, 2.45) is 21.3 Å². The topological polar surface area (TPSA) is 24.7 Å². The maximum Gasteiger partial charge on any atom is 0.0763 e. The van der Waals surface area contributed by atoms with Crippen LogP contribution in [-0.4, -0.2) is 25.5 Å². The SMILES string of the molecule is C=CC1(CCC)CCC(C(CN=C)=NCC)C1. The Morgan fingerprint density at radius 1 is 1.47 bits per heavy atom. The second kappa shape index (κ2) is 6.73. The molecule has 0 spiro atoms. The van der Waals surface area contributed by atoms with Crippen LogP contribution < -0.4 is 0 Å². The summed E-state index contributed by atoms with van der Waals surface area (Å²) in [6, 6.07) is 0. The summed E-state index contributed by atoms with van der Waals surface area (Å²) in [6.07, 6.45) is 8.38. The molecule has 1 fully saturated rings. The number of allylic oxidation sites excluding steroid dienone is 1. The molecule has 2 unspecified atom stereocenters. The number of nitrogens with zero attached hydrogens (tertiary/aromatic N) is 2. The number of rotatable bonds is 7. The minimum Gasteiger partial charge on any atom is -0.295 e. The number of hydrogen-bond acceptors (Lipinski definition) is 2. The van der Waals surface area contributed by atoms with E-state index in [1.54, 1.807) is 0 Å². The monoisotopic (exact) mass is 234 g/mol. The van der Waals surface area contributed by atoms with Gasteiger partial charge in [-0.3, -0.25) is 9.98 Å². The molecule has 0 heterocycles. The molecule has 0 aromatic rings. The van der Waals surface area contributed by atoms with Gasteiger partial charge in [0.2, 0.25) is 0 Å². The van der Waals surface area contributed by atoms with Crippen LogP contribution in [0, 0.1) is 11.3 Å². The third-order valence-electron chi connectivity index (χ3n) is 3.93. The summed E-state index contributed by atoms with van der Waals surface area (Å²) in [5.41, 5.74) is 1.61. The van der Waals surface area contributed by atoms with Crippen LogP contribution in [0.3, 0.4) is 0 Å². The molecule has 0 aliphatic heterocycles. The van der Waals surface area contributed by atoms with Gasteiger partial charge in [0.1, 0.15) is 0 Å². The van der Waals surface area contributed by atoms with E-state index >= 15 is 0 Å². The smallest absolute Gasteiger partial charge is 0.0763 e. The Kier molecular flexibility index (Phi) is 5.60. The average molecular weight is 234 g/mol. The van der Waals surface area contributed by atoms with E-state index in [1.807, 2.05) is 0 Å². The third-order valence-corrected chi connectivity index (χ3v) is 3.93. The number of hydrogen-bond donors (Lipinski definition) is 0. The Morgan fingerprint density at radius 2 is 2.24 bits per heavy atom. The lowest BCUT2D eigenvalue weighted by Gasteiger charge is -2.25. The molecule has 0 aromatic heterocycles. The molecule has 1 rings (SSSR count). The predicted molar refractivity (Wildman–Crippen MR) is 77.3 cm³/mol. The van der Waals surface area contributed by atoms with Gasteiger partial charge in [0.05, 0.1) is 6.54 Å². The quantitative estimate of drug-likeness (QED) is 0.471. The highest BCUT2D eigenvalue weighted by atomic mass is 14.8. The molecule has 1 aliphatic carbocycles. The van der Waals surface area contributed by atoms with E-state index in [1.165, 1.54) is 37.8 Å². The van der Waals surface area contributed by atoms with Crippen LogP contribution in [0.25, 0.3) is 0 Å². The van der Waals surface area contributed by atoms with Crippen molar-refractivity contribution in [3.05, 3.63) is 12.7 Å². The fourth-order valence-corrected chi connectivity index (χ4v) is 3.08. The molecule has 0 amide bonds. The zero-order valence-corrected chi connectivity index (χ0v) is 11.4. The minimum absolute atomic E-state index is 0.356. The Bertz CT molecular complexity index is 293. The lowest BCUT2D eigenvalue weighted by atomic mass is 9.80. The van der Waals surface area contributed by atoms with Gasteiger partial charge in [-0.1, -0.05) is 19.4 Å². The fraction of sp³-hybridized carbons (Fsp3) is 0.733. The molecular formula is C15H26N2. The molecule has 0 radical (unpaired) electrons. The van der Waals surface area contributed by atoms with Crippen molar-refractivity contribution in [3.8, 4) is 0 Å². The molecule has 2 nitrogen and oxygen atoms in total. The van der Waals surface area contributed by atoms with Gasteiger partial charge in [-0.15, -0.1) is 6.58 Å². The summed E-state index contributed by atoms with van der Waals surface area (Å²) in [6.45, 7) is 13.5. The molecule has 1 saturated carbocycles. The molecule has 0 N–H and O–H groups in total. The van der Waals surface area contributed by atoms with Crippen LogP contribution >= 0.6 is 0 Å². The highest BCUT2D eigenvalue weighted by Gasteiger charge is 2.37. The minimum atomic E-state index is 0.356. The van der Waals surface area contributed by atoms with Crippen molar-refractivity contribution in [2.45, 2.75) is 46.0 Å². The Morgan fingerprint density at radius 3 is 2.76 bits per heavy atom. The van der Waals surface area contributed by atoms with Gasteiger partial charge in [0, 0.05) is 12.3 Å². The van der Waals surface area contributed by atoms with Crippen LogP contribution in [0.5, 0.6) is 0 Å². The zero-order chi connectivity index (χ0) is 12.7. The van der Waals surface area contributed by atoms with Gasteiger partial charge in [0.15, 0.2) is 0 Å². The molecule has 0 bridgehead atoms. The first-order valence-electron chi connectivity index (χ1n) is 6.80. The normalized spacial score (nSPS) is 29.3. The molecular weight excluding hydrogens is 208 g/mol. The summed E-state index contributed by atoms with van der Waals surface area (Å²) >= 11 is 0. The van der Waals surface area contributed by atoms with E-state index < -0.39 is 0 Å². The lowest BCUT2D eigenvalue weighted by molar-refractivity contribution is 0.354. The van der Waals surface area contributed by atoms with E-state index in [2.05, 4.69) is 43.2 Å². The predicted octanol–water partition coefficient (Wildman–Crippen LogP) is 3.92. The Balaban J connectivity index is 2.72. The standard InChI is InChI=1S/C15H26N2/c1-5-9-15(6-2)10-8-13(11-15)14(12-16-4)17-7-3/h6,13H,2,4-5,7-12H2,1,3H3. The van der Waals surface area contributed by atoms with E-state index in [-0.39, 0.29) is 0 Å². The summed E-state index contributed by atoms with van der Waals surface area (Å²) in [5, 5.41) is 0. The van der Waals surface area contributed by atoms with Gasteiger partial charge in [0.25, 0.3) is 0 Å². The van der Waals surface area contributed by atoms with Crippen LogP contribution in [0.4, 0.5) is 0 Å². The van der Waals surface area contributed by atoms with Crippen molar-refractivity contribution in [3.63, 3.8) is 0 Å². The zero-order valence-electron chi connectivity index (χ0n) is 11.4. The maximum atomic E-state index is 4.60. The van der Waals surface area contributed by atoms with Crippen molar-refractivity contribution in [1.82, 2.24) is 0 Å². The van der Waals surface area contributed by atoms with Gasteiger partial charge >= 0.3 is 0 Å². The second-order valence-corrected chi connectivity index (χ2v) is 5.10. The van der Waals surface area contributed by atoms with E-state index in [0.29, 0.717) is 17.9 Å². The molecule has 17 heavy (non-hydrogen) atoms. The van der Waals surface area contributed by atoms with Crippen molar-refractivity contribution in [1.29, 1.82) is 0 Å². The Hall–Kier alpha value is -0.920. The van der Waals surface area contributed by atoms with E-state index in [0.717, 1.165) is 6.54 Å². The highest BCUT2D eigenvalue weighted by Crippen LogP contribution is 2.46. The maximum absolute atomic E-state index is 4.60. The molecule has 96 valence electrons. The summed E-state index contributed by atoms with van der Waals surface area (Å²) in [4.78, 5) is 8.62. The first kappa shape index (κ1) is 14.1. The lowest BCUT2D eigenvalue weighted by Crippen LogP contribution is -2.19. The summed E-state index contributed by atoms with van der Waals surface area (Å²) in [5.74, 6) is 0.602. The largest absolute Gasteiger partial charge is 0.295 e. The van der Waals surface area contributed by atoms with Crippen molar-refractivity contribution >= 4 is 12.4 Å². The van der Waals surface area contributed by atoms with Gasteiger partial charge in [-0.05, 0) is 50.7 Å². The second-order valence-electron chi connectivity index (χ2n) is 5.10. The van der Waals surface area contributed by atoms with Gasteiger partial charge < -0.3 is 0 Å². The molecule has 2 heteroatoms. The van der Waals surface area contributed by atoms with Crippen molar-refractivity contribution in [2.75, 3.05) is 13.1 Å². The molecule has 0 saturated heterocycles. The van der Waals surface area contributed by atoms with E-state index in [9.17, 15) is 0 Å². The summed E-state index contributed by atoms with van der Waals surface area (Å²) in [7, 11) is 0. The van der Waals surface area contributed by atoms with Crippen LogP contribution in [0.15, 0.2) is 22.6 Å². The third kappa shape index (κ3) is 3.52. The van der Waals surface area contributed by atoms with Gasteiger partial charge in [-0.25, -0.2) is 0 Å². The van der Waals surface area contributed by atoms with E-state index in [4.69, 9.17) is 0 Å². The first-order valence-corrected chi connectivity index (χ1v) is 6.80. The molecule has 1 aliphatic rings.